The third-order valence-electron chi connectivity index (χ3n) is 5.62. The van der Waals surface area contributed by atoms with Crippen molar-refractivity contribution in [2.45, 2.75) is 19.4 Å². The lowest BCUT2D eigenvalue weighted by Crippen LogP contribution is -2.34. The number of halogens is 2. The molecule has 0 saturated heterocycles. The predicted molar refractivity (Wildman–Crippen MR) is 135 cm³/mol. The largest absolute Gasteiger partial charge is 0.495 e. The number of ether oxygens (including phenoxy) is 2. The zero-order chi connectivity index (χ0) is 27.3. The molecule has 0 bridgehead atoms. The van der Waals surface area contributed by atoms with Crippen molar-refractivity contribution in [3.63, 3.8) is 0 Å². The molecular formula is C26H24ClFN2O7. The van der Waals surface area contributed by atoms with Gasteiger partial charge in [0.25, 0.3) is 5.56 Å². The van der Waals surface area contributed by atoms with Crippen molar-refractivity contribution >= 4 is 34.9 Å². The fraction of sp³-hybridized carbons (Fsp3) is 0.231. The molecule has 1 amide bonds. The number of hydrogen-bond donors (Lipinski definition) is 2. The standard InChI is InChI=1S/C26H24ClFN2O7/c1-14(31)17-6-4-15(27)10-19(17)20-12-24(32)30(13-23(20)37-3)22(8-9-36-2)25(33)29-16-5-7-18(26(34)35)21(28)11-16/h4-7,10-13,22H,8-9H2,1-3H3,(H,29,33)(H,34,35). The van der Waals surface area contributed by atoms with Gasteiger partial charge in [0, 0.05) is 48.0 Å². The summed E-state index contributed by atoms with van der Waals surface area (Å²) in [6.07, 6.45) is 1.42. The van der Waals surface area contributed by atoms with Crippen LogP contribution in [0.4, 0.5) is 10.1 Å². The van der Waals surface area contributed by atoms with Crippen molar-refractivity contribution in [3.8, 4) is 16.9 Å². The molecule has 0 aliphatic carbocycles. The van der Waals surface area contributed by atoms with Crippen LogP contribution in [0.5, 0.6) is 5.75 Å². The van der Waals surface area contributed by atoms with Crippen LogP contribution in [0.3, 0.4) is 0 Å². The van der Waals surface area contributed by atoms with Crippen molar-refractivity contribution in [1.29, 1.82) is 0 Å². The monoisotopic (exact) mass is 530 g/mol. The molecule has 1 aromatic heterocycles. The second-order valence-electron chi connectivity index (χ2n) is 8.03. The van der Waals surface area contributed by atoms with Gasteiger partial charge in [-0.2, -0.15) is 0 Å². The Morgan fingerprint density at radius 1 is 1.08 bits per heavy atom. The highest BCUT2D eigenvalue weighted by atomic mass is 35.5. The topological polar surface area (TPSA) is 124 Å². The van der Waals surface area contributed by atoms with Gasteiger partial charge in [-0.25, -0.2) is 9.18 Å². The number of carboxylic acid groups (broad SMARTS) is 1. The Balaban J connectivity index is 2.06. The van der Waals surface area contributed by atoms with E-state index in [0.29, 0.717) is 21.7 Å². The number of hydrogen-bond acceptors (Lipinski definition) is 6. The molecule has 1 atom stereocenters. The maximum absolute atomic E-state index is 14.1. The fourth-order valence-corrected chi connectivity index (χ4v) is 3.98. The Morgan fingerprint density at radius 3 is 2.38 bits per heavy atom. The molecule has 2 aromatic carbocycles. The number of nitrogens with zero attached hydrogens (tertiary/aromatic N) is 1. The van der Waals surface area contributed by atoms with Crippen LogP contribution in [-0.2, 0) is 9.53 Å². The van der Waals surface area contributed by atoms with Gasteiger partial charge in [0.15, 0.2) is 5.78 Å². The third kappa shape index (κ3) is 6.22. The highest BCUT2D eigenvalue weighted by molar-refractivity contribution is 6.31. The molecule has 0 fully saturated rings. The lowest BCUT2D eigenvalue weighted by atomic mass is 9.97. The summed E-state index contributed by atoms with van der Waals surface area (Å²) in [6.45, 7) is 1.50. The second kappa shape index (κ2) is 11.8. The van der Waals surface area contributed by atoms with E-state index in [0.717, 1.165) is 16.7 Å². The molecule has 1 heterocycles. The van der Waals surface area contributed by atoms with Crippen LogP contribution in [0.1, 0.15) is 40.1 Å². The van der Waals surface area contributed by atoms with Crippen molar-refractivity contribution in [2.24, 2.45) is 0 Å². The maximum Gasteiger partial charge on any atom is 0.338 e. The van der Waals surface area contributed by atoms with Gasteiger partial charge in [0.05, 0.1) is 18.9 Å². The average molecular weight is 531 g/mol. The van der Waals surface area contributed by atoms with Gasteiger partial charge in [-0.1, -0.05) is 11.6 Å². The first kappa shape index (κ1) is 27.6. The summed E-state index contributed by atoms with van der Waals surface area (Å²) < 4.78 is 25.8. The number of aromatic carboxylic acids is 1. The van der Waals surface area contributed by atoms with Crippen LogP contribution in [-0.4, -0.2) is 48.2 Å². The first-order valence-electron chi connectivity index (χ1n) is 11.0. The Kier molecular flexibility index (Phi) is 8.80. The number of carboxylic acids is 1. The van der Waals surface area contributed by atoms with E-state index in [1.165, 1.54) is 39.5 Å². The van der Waals surface area contributed by atoms with E-state index in [2.05, 4.69) is 5.32 Å². The minimum absolute atomic E-state index is 0.0107. The van der Waals surface area contributed by atoms with Crippen LogP contribution in [0.25, 0.3) is 11.1 Å². The zero-order valence-corrected chi connectivity index (χ0v) is 21.0. The molecule has 0 aliphatic heterocycles. The molecule has 37 heavy (non-hydrogen) atoms. The first-order chi connectivity index (χ1) is 17.6. The Hall–Kier alpha value is -4.02. The van der Waals surface area contributed by atoms with Crippen molar-refractivity contribution in [2.75, 3.05) is 26.1 Å². The molecule has 194 valence electrons. The van der Waals surface area contributed by atoms with Gasteiger partial charge >= 0.3 is 5.97 Å². The van der Waals surface area contributed by atoms with Crippen molar-refractivity contribution < 1.29 is 33.4 Å². The van der Waals surface area contributed by atoms with E-state index >= 15 is 0 Å². The molecule has 0 radical (unpaired) electrons. The number of nitrogens with one attached hydrogen (secondary N) is 1. The summed E-state index contributed by atoms with van der Waals surface area (Å²) in [4.78, 5) is 49.6. The number of pyridine rings is 1. The molecule has 9 nitrogen and oxygen atoms in total. The molecule has 0 saturated carbocycles. The summed E-state index contributed by atoms with van der Waals surface area (Å²) in [5, 5.41) is 11.9. The minimum atomic E-state index is -1.44. The molecular weight excluding hydrogens is 507 g/mol. The van der Waals surface area contributed by atoms with Crippen LogP contribution in [0, 0.1) is 5.82 Å². The number of ketones is 1. The number of carbonyl (C=O) groups is 3. The molecule has 3 rings (SSSR count). The smallest absolute Gasteiger partial charge is 0.338 e. The number of amides is 1. The Morgan fingerprint density at radius 2 is 1.78 bits per heavy atom. The zero-order valence-electron chi connectivity index (χ0n) is 20.2. The maximum atomic E-state index is 14.1. The highest BCUT2D eigenvalue weighted by Crippen LogP contribution is 2.34. The first-order valence-corrected chi connectivity index (χ1v) is 11.4. The van der Waals surface area contributed by atoms with E-state index in [-0.39, 0.29) is 30.2 Å². The van der Waals surface area contributed by atoms with Crippen molar-refractivity contribution in [1.82, 2.24) is 4.57 Å². The lowest BCUT2D eigenvalue weighted by Gasteiger charge is -2.21. The van der Waals surface area contributed by atoms with E-state index in [1.807, 2.05) is 0 Å². The Labute approximate surface area is 216 Å². The summed E-state index contributed by atoms with van der Waals surface area (Å²) in [5.41, 5.74) is -0.0658. The number of methoxy groups -OCH3 is 2. The average Bonchev–Trinajstić information content (AvgIpc) is 2.84. The number of aromatic nitrogens is 1. The lowest BCUT2D eigenvalue weighted by molar-refractivity contribution is -0.119. The normalized spacial score (nSPS) is 11.6. The third-order valence-corrected chi connectivity index (χ3v) is 5.85. The van der Waals surface area contributed by atoms with Crippen LogP contribution < -0.4 is 15.6 Å². The van der Waals surface area contributed by atoms with E-state index in [4.69, 9.17) is 26.2 Å². The van der Waals surface area contributed by atoms with Crippen LogP contribution in [0.2, 0.25) is 5.02 Å². The van der Waals surface area contributed by atoms with Gasteiger partial charge in [0.2, 0.25) is 5.91 Å². The van der Waals surface area contributed by atoms with Gasteiger partial charge in [-0.3, -0.25) is 19.0 Å². The quantitative estimate of drug-likeness (QED) is 0.371. The minimum Gasteiger partial charge on any atom is -0.495 e. The molecule has 1 unspecified atom stereocenters. The summed E-state index contributed by atoms with van der Waals surface area (Å²) in [7, 11) is 2.81. The van der Waals surface area contributed by atoms with Crippen LogP contribution >= 0.6 is 11.6 Å². The summed E-state index contributed by atoms with van der Waals surface area (Å²) in [6, 6.07) is 7.95. The van der Waals surface area contributed by atoms with E-state index in [9.17, 15) is 23.6 Å². The molecule has 11 heteroatoms. The number of benzene rings is 2. The van der Waals surface area contributed by atoms with Gasteiger partial charge in [0.1, 0.15) is 17.6 Å². The molecule has 0 spiro atoms. The number of carbonyl (C=O) groups excluding carboxylic acids is 2. The number of rotatable bonds is 10. The van der Waals surface area contributed by atoms with Crippen molar-refractivity contribution in [3.05, 3.63) is 81.0 Å². The number of anilines is 1. The van der Waals surface area contributed by atoms with Gasteiger partial charge in [-0.05, 0) is 48.9 Å². The van der Waals surface area contributed by atoms with Gasteiger partial charge < -0.3 is 19.9 Å². The summed E-state index contributed by atoms with van der Waals surface area (Å²) >= 11 is 6.14. The summed E-state index contributed by atoms with van der Waals surface area (Å²) in [5.74, 6) is -3.17. The SMILES string of the molecule is COCCC(C(=O)Nc1ccc(C(=O)O)c(F)c1)n1cc(OC)c(-c2cc(Cl)ccc2C(C)=O)cc1=O. The van der Waals surface area contributed by atoms with Crippen LogP contribution in [0.15, 0.2) is 53.5 Å². The molecule has 0 aliphatic rings. The molecule has 2 N–H and O–H groups in total. The molecule has 3 aromatic rings. The fourth-order valence-electron chi connectivity index (χ4n) is 3.81. The van der Waals surface area contributed by atoms with E-state index < -0.39 is 34.9 Å². The second-order valence-corrected chi connectivity index (χ2v) is 8.47. The highest BCUT2D eigenvalue weighted by Gasteiger charge is 2.25. The Bertz CT molecular complexity index is 1420. The number of Topliss-reactive ketones (excluding diaryl/α,β-unsaturated/α-hetero) is 1. The van der Waals surface area contributed by atoms with E-state index in [1.54, 1.807) is 18.2 Å². The predicted octanol–water partition coefficient (Wildman–Crippen LogP) is 4.43. The van der Waals surface area contributed by atoms with Gasteiger partial charge in [-0.15, -0.1) is 0 Å².